The number of benzene rings is 3. The molecule has 0 fully saturated rings. The summed E-state index contributed by atoms with van der Waals surface area (Å²) in [5.74, 6) is -1.47. The van der Waals surface area contributed by atoms with Gasteiger partial charge in [-0.15, -0.1) is 0 Å². The SMILES string of the molecule is COc1ccc(CN[C@@H](Cc2ccccc2)[C@H](O)[C@@H](NC(=O)[C@@H](NC(=O)OCc2ccccc2)C(C)(C)C)C(=O)O)cc1. The van der Waals surface area contributed by atoms with Crippen molar-refractivity contribution in [1.29, 1.82) is 0 Å². The van der Waals surface area contributed by atoms with Crippen LogP contribution in [0.4, 0.5) is 4.79 Å². The molecule has 0 unspecified atom stereocenters. The largest absolute Gasteiger partial charge is 0.497 e. The van der Waals surface area contributed by atoms with Crippen molar-refractivity contribution in [2.45, 2.75) is 64.6 Å². The van der Waals surface area contributed by atoms with E-state index >= 15 is 0 Å². The quantitative estimate of drug-likeness (QED) is 0.191. The molecule has 0 saturated carbocycles. The van der Waals surface area contributed by atoms with Crippen LogP contribution in [-0.2, 0) is 33.9 Å². The lowest BCUT2D eigenvalue weighted by Crippen LogP contribution is -2.62. The van der Waals surface area contributed by atoms with Crippen LogP contribution in [0.1, 0.15) is 37.5 Å². The highest BCUT2D eigenvalue weighted by Crippen LogP contribution is 2.21. The molecule has 0 radical (unpaired) electrons. The van der Waals surface area contributed by atoms with Crippen molar-refractivity contribution in [2.24, 2.45) is 5.41 Å². The molecule has 3 aromatic rings. The molecule has 0 aliphatic heterocycles. The minimum atomic E-state index is -1.67. The highest BCUT2D eigenvalue weighted by Gasteiger charge is 2.39. The van der Waals surface area contributed by atoms with Gasteiger partial charge in [0.25, 0.3) is 0 Å². The molecule has 10 heteroatoms. The molecule has 0 aliphatic rings. The Morgan fingerprint density at radius 3 is 1.93 bits per heavy atom. The Morgan fingerprint density at radius 2 is 1.40 bits per heavy atom. The van der Waals surface area contributed by atoms with Crippen LogP contribution in [0.25, 0.3) is 0 Å². The molecule has 4 atom stereocenters. The van der Waals surface area contributed by atoms with Crippen molar-refractivity contribution in [1.82, 2.24) is 16.0 Å². The van der Waals surface area contributed by atoms with Crippen molar-refractivity contribution in [2.75, 3.05) is 7.11 Å². The number of carboxylic acids is 1. The monoisotopic (exact) mass is 591 g/mol. The number of carbonyl (C=O) groups is 3. The first-order valence-electron chi connectivity index (χ1n) is 14.1. The fourth-order valence-electron chi connectivity index (χ4n) is 4.49. The molecule has 230 valence electrons. The maximum Gasteiger partial charge on any atom is 0.408 e. The zero-order chi connectivity index (χ0) is 31.4. The number of aliphatic hydroxyl groups is 1. The second kappa shape index (κ2) is 15.7. The van der Waals surface area contributed by atoms with Crippen LogP contribution in [0.5, 0.6) is 5.75 Å². The summed E-state index contributed by atoms with van der Waals surface area (Å²) in [5.41, 5.74) is 1.74. The van der Waals surface area contributed by atoms with Crippen molar-refractivity contribution < 1.29 is 34.1 Å². The first kappa shape index (κ1) is 33.1. The normalized spacial score (nSPS) is 14.1. The summed E-state index contributed by atoms with van der Waals surface area (Å²) in [6.07, 6.45) is -2.05. The Hall–Kier alpha value is -4.41. The Kier molecular flexibility index (Phi) is 12.1. The first-order valence-corrected chi connectivity index (χ1v) is 14.1. The van der Waals surface area contributed by atoms with E-state index in [9.17, 15) is 24.6 Å². The molecule has 3 rings (SSSR count). The zero-order valence-electron chi connectivity index (χ0n) is 24.9. The van der Waals surface area contributed by atoms with Crippen LogP contribution < -0.4 is 20.7 Å². The van der Waals surface area contributed by atoms with Gasteiger partial charge in [-0.2, -0.15) is 0 Å². The highest BCUT2D eigenvalue weighted by molar-refractivity contribution is 5.90. The zero-order valence-corrected chi connectivity index (χ0v) is 24.9. The number of carboxylic acid groups (broad SMARTS) is 1. The van der Waals surface area contributed by atoms with E-state index in [0.717, 1.165) is 16.7 Å². The van der Waals surface area contributed by atoms with Gasteiger partial charge in [0.05, 0.1) is 7.11 Å². The highest BCUT2D eigenvalue weighted by atomic mass is 16.5. The summed E-state index contributed by atoms with van der Waals surface area (Å²) < 4.78 is 10.5. The third kappa shape index (κ3) is 10.4. The molecule has 3 aromatic carbocycles. The fraction of sp³-hybridized carbons (Fsp3) is 0.364. The van der Waals surface area contributed by atoms with Gasteiger partial charge in [-0.3, -0.25) is 4.79 Å². The van der Waals surface area contributed by atoms with Gasteiger partial charge in [0, 0.05) is 12.6 Å². The van der Waals surface area contributed by atoms with Gasteiger partial charge in [0.15, 0.2) is 6.04 Å². The average molecular weight is 592 g/mol. The lowest BCUT2D eigenvalue weighted by atomic mass is 9.85. The summed E-state index contributed by atoms with van der Waals surface area (Å²) in [7, 11) is 1.58. The van der Waals surface area contributed by atoms with E-state index in [2.05, 4.69) is 16.0 Å². The van der Waals surface area contributed by atoms with Gasteiger partial charge in [0.1, 0.15) is 24.5 Å². The summed E-state index contributed by atoms with van der Waals surface area (Å²) in [4.78, 5) is 38.5. The number of rotatable bonds is 14. The van der Waals surface area contributed by atoms with Gasteiger partial charge in [-0.25, -0.2) is 9.59 Å². The molecule has 5 N–H and O–H groups in total. The van der Waals surface area contributed by atoms with Crippen LogP contribution in [0.3, 0.4) is 0 Å². The third-order valence-electron chi connectivity index (χ3n) is 6.95. The number of amides is 2. The van der Waals surface area contributed by atoms with Gasteiger partial charge in [-0.1, -0.05) is 93.6 Å². The van der Waals surface area contributed by atoms with E-state index in [4.69, 9.17) is 9.47 Å². The van der Waals surface area contributed by atoms with Crippen LogP contribution in [-0.4, -0.2) is 59.5 Å². The van der Waals surface area contributed by atoms with Crippen LogP contribution in [0.15, 0.2) is 84.9 Å². The van der Waals surface area contributed by atoms with Gasteiger partial charge >= 0.3 is 12.1 Å². The van der Waals surface area contributed by atoms with E-state index < -0.39 is 47.6 Å². The predicted octanol–water partition coefficient (Wildman–Crippen LogP) is 3.67. The maximum atomic E-state index is 13.5. The van der Waals surface area contributed by atoms with Gasteiger partial charge in [0.2, 0.25) is 5.91 Å². The minimum Gasteiger partial charge on any atom is -0.497 e. The lowest BCUT2D eigenvalue weighted by molar-refractivity contribution is -0.146. The third-order valence-corrected chi connectivity index (χ3v) is 6.95. The summed E-state index contributed by atoms with van der Waals surface area (Å²) in [5, 5.41) is 29.8. The number of hydrogen-bond donors (Lipinski definition) is 5. The molecular formula is C33H41N3O7. The van der Waals surface area contributed by atoms with Crippen molar-refractivity contribution >= 4 is 18.0 Å². The van der Waals surface area contributed by atoms with E-state index in [1.54, 1.807) is 40.0 Å². The Bertz CT molecular complexity index is 1310. The number of aliphatic hydroxyl groups excluding tert-OH is 1. The Labute approximate surface area is 252 Å². The number of aliphatic carboxylic acids is 1. The molecule has 10 nitrogen and oxygen atoms in total. The molecule has 43 heavy (non-hydrogen) atoms. The van der Waals surface area contributed by atoms with Crippen molar-refractivity contribution in [3.05, 3.63) is 102 Å². The van der Waals surface area contributed by atoms with Crippen molar-refractivity contribution in [3.8, 4) is 5.75 Å². The number of methoxy groups -OCH3 is 1. The number of ether oxygens (including phenoxy) is 2. The number of hydrogen-bond acceptors (Lipinski definition) is 7. The molecule has 0 heterocycles. The lowest BCUT2D eigenvalue weighted by Gasteiger charge is -2.33. The number of nitrogens with one attached hydrogen (secondary N) is 3. The van der Waals surface area contributed by atoms with Gasteiger partial charge in [-0.05, 0) is 40.7 Å². The van der Waals surface area contributed by atoms with E-state index in [1.807, 2.05) is 72.8 Å². The van der Waals surface area contributed by atoms with E-state index in [1.165, 1.54) is 0 Å². The number of carbonyl (C=O) groups excluding carboxylic acids is 2. The smallest absolute Gasteiger partial charge is 0.408 e. The molecule has 0 aromatic heterocycles. The topological polar surface area (TPSA) is 146 Å². The number of alkyl carbamates (subject to hydrolysis) is 1. The van der Waals surface area contributed by atoms with Crippen molar-refractivity contribution in [3.63, 3.8) is 0 Å². The first-order chi connectivity index (χ1) is 20.5. The molecule has 2 amide bonds. The molecule has 0 aliphatic carbocycles. The summed E-state index contributed by atoms with van der Waals surface area (Å²) in [6.45, 7) is 5.53. The predicted molar refractivity (Wildman–Crippen MR) is 162 cm³/mol. The Balaban J connectivity index is 1.75. The molecular weight excluding hydrogens is 550 g/mol. The average Bonchev–Trinajstić information content (AvgIpc) is 2.99. The summed E-state index contributed by atoms with van der Waals surface area (Å²) in [6, 6.07) is 22.2. The van der Waals surface area contributed by atoms with Crippen LogP contribution in [0, 0.1) is 5.41 Å². The van der Waals surface area contributed by atoms with Gasteiger partial charge < -0.3 is 35.6 Å². The second-order valence-electron chi connectivity index (χ2n) is 11.3. The molecule has 0 saturated heterocycles. The van der Waals surface area contributed by atoms with E-state index in [0.29, 0.717) is 18.7 Å². The van der Waals surface area contributed by atoms with Crippen LogP contribution >= 0.6 is 0 Å². The minimum absolute atomic E-state index is 0.00263. The maximum absolute atomic E-state index is 13.5. The second-order valence-corrected chi connectivity index (χ2v) is 11.3. The Morgan fingerprint density at radius 1 is 0.814 bits per heavy atom. The standard InChI is InChI=1S/C33H41N3O7/c1-33(2,3)29(36-32(41)43-21-24-13-9-6-10-14-24)30(38)35-27(31(39)40)28(37)26(19-22-11-7-5-8-12-22)34-20-23-15-17-25(42-4)18-16-23/h5-18,26-29,34,37H,19-21H2,1-4H3,(H,35,38)(H,36,41)(H,39,40)/t26-,27+,28-,29+/m0/s1. The fourth-order valence-corrected chi connectivity index (χ4v) is 4.49. The van der Waals surface area contributed by atoms with Crippen LogP contribution in [0.2, 0.25) is 0 Å². The van der Waals surface area contributed by atoms with E-state index in [-0.39, 0.29) is 6.61 Å². The molecule has 0 bridgehead atoms. The summed E-state index contributed by atoms with van der Waals surface area (Å²) >= 11 is 0. The molecule has 0 spiro atoms.